The number of hydrogen-bond acceptors (Lipinski definition) is 4. The average molecular weight is 493 g/mol. The van der Waals surface area contributed by atoms with Crippen molar-refractivity contribution in [2.45, 2.75) is 11.4 Å². The summed E-state index contributed by atoms with van der Waals surface area (Å²) in [5, 5.41) is 2.14. The number of sulfonamides is 1. The molecule has 164 valence electrons. The lowest BCUT2D eigenvalue weighted by Gasteiger charge is -2.21. The van der Waals surface area contributed by atoms with Crippen LogP contribution in [0.4, 0.5) is 18.9 Å². The minimum Gasteiger partial charge on any atom is -0.468 e. The number of benzene rings is 2. The fraction of sp³-hybridized carbons (Fsp3) is 0.105. The standard InChI is InChI=1S/C19H13Cl2F3N2O4S/c20-13-4-3-12(8-14(13)21)31(28,29)26(9-11-2-1-7-30-11)10-17(27)25-16-6-5-15(22)18(23)19(16)24/h1-8H,9-10H2,(H,25,27). The lowest BCUT2D eigenvalue weighted by atomic mass is 10.2. The Morgan fingerprint density at radius 1 is 1.03 bits per heavy atom. The molecule has 6 nitrogen and oxygen atoms in total. The van der Waals surface area contributed by atoms with Gasteiger partial charge in [0.15, 0.2) is 17.5 Å². The van der Waals surface area contributed by atoms with Crippen molar-refractivity contribution in [3.05, 3.63) is 82.0 Å². The molecule has 1 N–H and O–H groups in total. The molecule has 0 spiro atoms. The second-order valence-corrected chi connectivity index (χ2v) is 8.95. The molecule has 0 aliphatic rings. The van der Waals surface area contributed by atoms with Crippen LogP contribution in [-0.2, 0) is 21.4 Å². The first-order valence-electron chi connectivity index (χ1n) is 8.50. The number of hydrogen-bond donors (Lipinski definition) is 1. The van der Waals surface area contributed by atoms with E-state index in [-0.39, 0.29) is 27.2 Å². The van der Waals surface area contributed by atoms with Crippen LogP contribution in [0.3, 0.4) is 0 Å². The van der Waals surface area contributed by atoms with E-state index in [9.17, 15) is 26.4 Å². The molecular formula is C19H13Cl2F3N2O4S. The third kappa shape index (κ3) is 5.21. The highest BCUT2D eigenvalue weighted by molar-refractivity contribution is 7.89. The second kappa shape index (κ2) is 9.31. The van der Waals surface area contributed by atoms with Gasteiger partial charge in [0.25, 0.3) is 0 Å². The normalized spacial score (nSPS) is 11.7. The Bertz CT molecular complexity index is 1220. The second-order valence-electron chi connectivity index (χ2n) is 6.20. The van der Waals surface area contributed by atoms with Gasteiger partial charge in [0.2, 0.25) is 15.9 Å². The predicted octanol–water partition coefficient (Wildman–Crippen LogP) is 4.83. The lowest BCUT2D eigenvalue weighted by Crippen LogP contribution is -2.37. The first kappa shape index (κ1) is 23.1. The van der Waals surface area contributed by atoms with Crippen LogP contribution in [0.15, 0.2) is 58.0 Å². The zero-order valence-corrected chi connectivity index (χ0v) is 17.7. The Hall–Kier alpha value is -2.53. The molecule has 0 radical (unpaired) electrons. The highest BCUT2D eigenvalue weighted by Gasteiger charge is 2.29. The van der Waals surface area contributed by atoms with E-state index in [2.05, 4.69) is 0 Å². The molecule has 0 unspecified atom stereocenters. The molecule has 0 aliphatic carbocycles. The number of nitrogens with one attached hydrogen (secondary N) is 1. The maximum atomic E-state index is 13.8. The van der Waals surface area contributed by atoms with Crippen molar-refractivity contribution in [1.82, 2.24) is 4.31 Å². The van der Waals surface area contributed by atoms with Gasteiger partial charge in [-0.3, -0.25) is 4.79 Å². The largest absolute Gasteiger partial charge is 0.468 e. The van der Waals surface area contributed by atoms with Crippen molar-refractivity contribution in [2.24, 2.45) is 0 Å². The Kier molecular flexibility index (Phi) is 6.95. The van der Waals surface area contributed by atoms with Gasteiger partial charge < -0.3 is 9.73 Å². The van der Waals surface area contributed by atoms with Gasteiger partial charge in [0.05, 0.1) is 40.0 Å². The quantitative estimate of drug-likeness (QED) is 0.479. The van der Waals surface area contributed by atoms with E-state index in [1.54, 1.807) is 0 Å². The van der Waals surface area contributed by atoms with Gasteiger partial charge in [-0.25, -0.2) is 21.6 Å². The van der Waals surface area contributed by atoms with E-state index >= 15 is 0 Å². The van der Waals surface area contributed by atoms with Crippen molar-refractivity contribution in [1.29, 1.82) is 0 Å². The van der Waals surface area contributed by atoms with E-state index in [1.807, 2.05) is 5.32 Å². The third-order valence-corrected chi connectivity index (χ3v) is 6.60. The highest BCUT2D eigenvalue weighted by atomic mass is 35.5. The molecule has 1 heterocycles. The van der Waals surface area contributed by atoms with Crippen LogP contribution in [0.2, 0.25) is 10.0 Å². The predicted molar refractivity (Wildman–Crippen MR) is 108 cm³/mol. The van der Waals surface area contributed by atoms with Crippen molar-refractivity contribution in [3.63, 3.8) is 0 Å². The molecule has 0 fully saturated rings. The number of anilines is 1. The minimum atomic E-state index is -4.29. The van der Waals surface area contributed by atoms with Crippen LogP contribution in [0, 0.1) is 17.5 Å². The minimum absolute atomic E-state index is 0.0194. The Morgan fingerprint density at radius 3 is 2.42 bits per heavy atom. The zero-order chi connectivity index (χ0) is 22.8. The monoisotopic (exact) mass is 492 g/mol. The molecule has 3 aromatic rings. The molecule has 0 bridgehead atoms. The number of carbonyl (C=O) groups excluding carboxylic acids is 1. The first-order valence-corrected chi connectivity index (χ1v) is 10.7. The number of rotatable bonds is 7. The third-order valence-electron chi connectivity index (χ3n) is 4.07. The summed E-state index contributed by atoms with van der Waals surface area (Å²) in [5.41, 5.74) is -0.645. The van der Waals surface area contributed by atoms with E-state index in [0.29, 0.717) is 6.07 Å². The summed E-state index contributed by atoms with van der Waals surface area (Å²) in [6.07, 6.45) is 1.32. The van der Waals surface area contributed by atoms with Crippen LogP contribution < -0.4 is 5.32 Å². The van der Waals surface area contributed by atoms with Crippen molar-refractivity contribution in [3.8, 4) is 0 Å². The lowest BCUT2D eigenvalue weighted by molar-refractivity contribution is -0.116. The molecule has 12 heteroatoms. The average Bonchev–Trinajstić information content (AvgIpc) is 3.23. The van der Waals surface area contributed by atoms with Crippen LogP contribution in [-0.4, -0.2) is 25.2 Å². The molecule has 0 saturated heterocycles. The number of halogens is 5. The van der Waals surface area contributed by atoms with E-state index in [1.165, 1.54) is 30.5 Å². The van der Waals surface area contributed by atoms with Gasteiger partial charge in [-0.1, -0.05) is 23.2 Å². The zero-order valence-electron chi connectivity index (χ0n) is 15.4. The molecule has 1 amide bonds. The smallest absolute Gasteiger partial charge is 0.244 e. The summed E-state index contributed by atoms with van der Waals surface area (Å²) < 4.78 is 72.4. The summed E-state index contributed by atoms with van der Waals surface area (Å²) in [7, 11) is -4.29. The topological polar surface area (TPSA) is 79.6 Å². The summed E-state index contributed by atoms with van der Waals surface area (Å²) in [6, 6.07) is 8.04. The van der Waals surface area contributed by atoms with E-state index < -0.39 is 45.6 Å². The summed E-state index contributed by atoms with van der Waals surface area (Å²) >= 11 is 11.7. The van der Waals surface area contributed by atoms with E-state index in [4.69, 9.17) is 27.6 Å². The maximum Gasteiger partial charge on any atom is 0.244 e. The Morgan fingerprint density at radius 2 is 1.77 bits per heavy atom. The van der Waals surface area contributed by atoms with Gasteiger partial charge in [-0.05, 0) is 42.5 Å². The number of amides is 1. The molecule has 0 saturated carbocycles. The summed E-state index contributed by atoms with van der Waals surface area (Å²) in [4.78, 5) is 12.2. The van der Waals surface area contributed by atoms with Crippen molar-refractivity contribution >= 4 is 44.8 Å². The van der Waals surface area contributed by atoms with Gasteiger partial charge >= 0.3 is 0 Å². The van der Waals surface area contributed by atoms with Crippen molar-refractivity contribution in [2.75, 3.05) is 11.9 Å². The number of carbonyl (C=O) groups is 1. The maximum absolute atomic E-state index is 13.8. The molecule has 3 rings (SSSR count). The first-order chi connectivity index (χ1) is 14.6. The molecule has 0 aliphatic heterocycles. The molecule has 1 aromatic heterocycles. The van der Waals surface area contributed by atoms with Crippen LogP contribution in [0.5, 0.6) is 0 Å². The molecular weight excluding hydrogens is 480 g/mol. The van der Waals surface area contributed by atoms with Gasteiger partial charge in [0.1, 0.15) is 5.76 Å². The van der Waals surface area contributed by atoms with Crippen molar-refractivity contribution < 1.29 is 30.8 Å². The van der Waals surface area contributed by atoms with Gasteiger partial charge in [-0.2, -0.15) is 4.31 Å². The molecule has 31 heavy (non-hydrogen) atoms. The molecule has 0 atom stereocenters. The summed E-state index contributed by atoms with van der Waals surface area (Å²) in [5.74, 6) is -5.60. The van der Waals surface area contributed by atoms with Crippen LogP contribution in [0.25, 0.3) is 0 Å². The fourth-order valence-electron chi connectivity index (χ4n) is 2.56. The SMILES string of the molecule is O=C(CN(Cc1ccco1)S(=O)(=O)c1ccc(Cl)c(Cl)c1)Nc1ccc(F)c(F)c1F. The van der Waals surface area contributed by atoms with Gasteiger partial charge in [0, 0.05) is 0 Å². The Labute approximate surface area is 185 Å². The van der Waals surface area contributed by atoms with Crippen LogP contribution in [0.1, 0.15) is 5.76 Å². The molecule has 2 aromatic carbocycles. The number of furan rings is 1. The fourth-order valence-corrected chi connectivity index (χ4v) is 4.31. The van der Waals surface area contributed by atoms with E-state index in [0.717, 1.165) is 16.4 Å². The van der Waals surface area contributed by atoms with Gasteiger partial charge in [-0.15, -0.1) is 0 Å². The number of nitrogens with zero attached hydrogens (tertiary/aromatic N) is 1. The highest BCUT2D eigenvalue weighted by Crippen LogP contribution is 2.27. The Balaban J connectivity index is 1.89. The summed E-state index contributed by atoms with van der Waals surface area (Å²) in [6.45, 7) is -1.13. The van der Waals surface area contributed by atoms with Crippen LogP contribution >= 0.6 is 23.2 Å².